The number of alkyl halides is 3. The largest absolute Gasteiger partial charge is 0.427 e. The summed E-state index contributed by atoms with van der Waals surface area (Å²) in [5.74, 6) is -0.569. The number of hydrogen-bond acceptors (Lipinski definition) is 3. The van der Waals surface area contributed by atoms with Crippen LogP contribution < -0.4 is 0 Å². The highest BCUT2D eigenvalue weighted by Gasteiger charge is 2.42. The van der Waals surface area contributed by atoms with Gasteiger partial charge in [0.1, 0.15) is 0 Å². The van der Waals surface area contributed by atoms with Crippen LogP contribution in [-0.2, 0) is 9.84 Å². The van der Waals surface area contributed by atoms with Crippen LogP contribution in [0.25, 0.3) is 0 Å². The topological polar surface area (TPSA) is 57.9 Å². The van der Waals surface area contributed by atoms with Gasteiger partial charge in [-0.15, -0.1) is 0 Å². The predicted octanol–water partition coefficient (Wildman–Crippen LogP) is 2.95. The molecule has 0 atom stereocenters. The number of nitrogens with zero attached hydrogens (tertiary/aromatic N) is 1. The lowest BCUT2D eigenvalue weighted by Crippen LogP contribution is -2.22. The molecule has 0 spiro atoms. The molecule has 0 aromatic rings. The number of allylic oxidation sites excluding steroid dienone is 2. The molecule has 0 saturated carbocycles. The van der Waals surface area contributed by atoms with Gasteiger partial charge in [-0.05, 0) is 6.42 Å². The highest BCUT2D eigenvalue weighted by Crippen LogP contribution is 2.30. The predicted molar refractivity (Wildman–Crippen MR) is 57.7 cm³/mol. The Morgan fingerprint density at radius 2 is 1.88 bits per heavy atom. The van der Waals surface area contributed by atoms with E-state index in [9.17, 15) is 21.6 Å². The maximum atomic E-state index is 12.4. The van der Waals surface area contributed by atoms with Crippen molar-refractivity contribution in [3.8, 4) is 6.07 Å². The minimum absolute atomic E-state index is 0.0507. The average molecular weight is 269 g/mol. The van der Waals surface area contributed by atoms with Gasteiger partial charge in [-0.25, -0.2) is 8.42 Å². The summed E-state index contributed by atoms with van der Waals surface area (Å²) >= 11 is 0. The smallest absolute Gasteiger partial charge is 0.224 e. The van der Waals surface area contributed by atoms with Gasteiger partial charge in [-0.1, -0.05) is 26.2 Å². The lowest BCUT2D eigenvalue weighted by molar-refractivity contribution is -0.0844. The molecule has 0 heterocycles. The molecule has 0 radical (unpaired) electrons. The van der Waals surface area contributed by atoms with Crippen LogP contribution in [0.2, 0.25) is 0 Å². The van der Waals surface area contributed by atoms with Gasteiger partial charge in [0.15, 0.2) is 14.7 Å². The van der Waals surface area contributed by atoms with E-state index in [1.807, 2.05) is 6.92 Å². The Labute approximate surface area is 98.8 Å². The van der Waals surface area contributed by atoms with Crippen molar-refractivity contribution in [2.75, 3.05) is 5.75 Å². The van der Waals surface area contributed by atoms with Gasteiger partial charge in [-0.3, -0.25) is 0 Å². The van der Waals surface area contributed by atoms with Crippen molar-refractivity contribution < 1.29 is 21.6 Å². The van der Waals surface area contributed by atoms with Crippen molar-refractivity contribution in [1.82, 2.24) is 0 Å². The van der Waals surface area contributed by atoms with Crippen LogP contribution in [0.15, 0.2) is 11.0 Å². The van der Waals surface area contributed by atoms with E-state index in [0.29, 0.717) is 6.42 Å². The summed E-state index contributed by atoms with van der Waals surface area (Å²) in [6.45, 7) is 1.91. The van der Waals surface area contributed by atoms with Crippen LogP contribution in [0.5, 0.6) is 0 Å². The minimum Gasteiger partial charge on any atom is -0.224 e. The molecule has 0 rings (SSSR count). The first-order valence-electron chi connectivity index (χ1n) is 5.15. The number of unbranched alkanes of at least 4 members (excludes halogenated alkanes) is 3. The summed E-state index contributed by atoms with van der Waals surface area (Å²) in [6, 6.07) is 1.12. The van der Waals surface area contributed by atoms with E-state index in [1.165, 1.54) is 0 Å². The zero-order valence-electron chi connectivity index (χ0n) is 9.42. The number of hydrogen-bond donors (Lipinski definition) is 0. The molecule has 0 aliphatic carbocycles. The Bertz CT molecular complexity index is 404. The van der Waals surface area contributed by atoms with Crippen LogP contribution in [0.3, 0.4) is 0 Å². The minimum atomic E-state index is -5.00. The van der Waals surface area contributed by atoms with Crippen molar-refractivity contribution in [3.63, 3.8) is 0 Å². The van der Waals surface area contributed by atoms with Crippen LogP contribution in [-0.4, -0.2) is 20.3 Å². The maximum Gasteiger partial charge on any atom is 0.427 e. The van der Waals surface area contributed by atoms with E-state index in [4.69, 9.17) is 5.26 Å². The van der Waals surface area contributed by atoms with Crippen molar-refractivity contribution in [2.24, 2.45) is 0 Å². The number of sulfone groups is 1. The third-order valence-electron chi connectivity index (χ3n) is 2.08. The molecule has 0 aliphatic heterocycles. The highest BCUT2D eigenvalue weighted by molar-refractivity contribution is 7.95. The molecule has 0 aromatic carbocycles. The van der Waals surface area contributed by atoms with Crippen molar-refractivity contribution in [3.05, 3.63) is 11.0 Å². The van der Waals surface area contributed by atoms with Gasteiger partial charge >= 0.3 is 6.18 Å². The zero-order valence-corrected chi connectivity index (χ0v) is 10.2. The van der Waals surface area contributed by atoms with Gasteiger partial charge in [0, 0.05) is 6.08 Å². The Morgan fingerprint density at radius 3 is 2.29 bits per heavy atom. The fraction of sp³-hybridized carbons (Fsp3) is 0.700. The van der Waals surface area contributed by atoms with Crippen LogP contribution in [0, 0.1) is 11.3 Å². The first kappa shape index (κ1) is 16.0. The maximum absolute atomic E-state index is 12.4. The zero-order chi connectivity index (χ0) is 13.5. The summed E-state index contributed by atoms with van der Waals surface area (Å²) in [5.41, 5.74) is 0. The van der Waals surface area contributed by atoms with Gasteiger partial charge in [-0.2, -0.15) is 18.4 Å². The molecule has 0 unspecified atom stereocenters. The molecule has 0 fully saturated rings. The molecule has 0 aromatic heterocycles. The molecule has 0 bridgehead atoms. The van der Waals surface area contributed by atoms with Gasteiger partial charge in [0.05, 0.1) is 11.8 Å². The molecule has 0 aliphatic rings. The fourth-order valence-corrected chi connectivity index (χ4v) is 2.62. The van der Waals surface area contributed by atoms with Crippen molar-refractivity contribution >= 4 is 9.84 Å². The summed E-state index contributed by atoms with van der Waals surface area (Å²) in [4.78, 5) is -1.75. The number of nitriles is 1. The van der Waals surface area contributed by atoms with Crippen molar-refractivity contribution in [2.45, 2.75) is 38.8 Å². The molecule has 0 saturated heterocycles. The normalized spacial score (nSPS) is 13.5. The average Bonchev–Trinajstić information content (AvgIpc) is 2.19. The molecule has 17 heavy (non-hydrogen) atoms. The van der Waals surface area contributed by atoms with E-state index >= 15 is 0 Å². The Morgan fingerprint density at radius 1 is 1.29 bits per heavy atom. The third-order valence-corrected chi connectivity index (χ3v) is 3.92. The molecule has 0 N–H and O–H groups in total. The second kappa shape index (κ2) is 6.64. The van der Waals surface area contributed by atoms with Crippen molar-refractivity contribution in [1.29, 1.82) is 5.26 Å². The third kappa shape index (κ3) is 5.73. The molecular formula is C10H14F3NO2S. The van der Waals surface area contributed by atoms with Crippen LogP contribution in [0.1, 0.15) is 32.6 Å². The lowest BCUT2D eigenvalue weighted by atomic mass is 10.2. The summed E-state index contributed by atoms with van der Waals surface area (Å²) in [6.07, 6.45) is -2.57. The second-order valence-corrected chi connectivity index (χ2v) is 5.59. The van der Waals surface area contributed by atoms with E-state index in [0.717, 1.165) is 18.9 Å². The Hall–Kier alpha value is -1.03. The monoisotopic (exact) mass is 269 g/mol. The molecule has 0 amide bonds. The SMILES string of the molecule is CCCCCCS(=O)(=O)/C(=C/C#N)C(F)(F)F. The lowest BCUT2D eigenvalue weighted by Gasteiger charge is -2.11. The Kier molecular flexibility index (Phi) is 6.24. The highest BCUT2D eigenvalue weighted by atomic mass is 32.2. The van der Waals surface area contributed by atoms with E-state index in [1.54, 1.807) is 0 Å². The molecule has 98 valence electrons. The summed E-state index contributed by atoms with van der Waals surface area (Å²) in [5, 5.41) is 8.18. The van der Waals surface area contributed by atoms with E-state index in [-0.39, 0.29) is 12.5 Å². The quantitative estimate of drug-likeness (QED) is 0.550. The molecule has 7 heteroatoms. The van der Waals surface area contributed by atoms with E-state index in [2.05, 4.69) is 0 Å². The summed E-state index contributed by atoms with van der Waals surface area (Å²) in [7, 11) is -4.41. The number of halogens is 3. The Balaban J connectivity index is 4.79. The first-order chi connectivity index (χ1) is 7.75. The summed E-state index contributed by atoms with van der Waals surface area (Å²) < 4.78 is 59.9. The number of rotatable bonds is 6. The molecular weight excluding hydrogens is 255 g/mol. The van der Waals surface area contributed by atoms with Gasteiger partial charge in [0.25, 0.3) is 0 Å². The van der Waals surface area contributed by atoms with Gasteiger partial charge < -0.3 is 0 Å². The standard InChI is InChI=1S/C10H14F3NO2S/c1-2-3-4-5-8-17(15,16)9(6-7-14)10(11,12)13/h6H,2-5,8H2,1H3/b9-6+. The van der Waals surface area contributed by atoms with E-state index < -0.39 is 26.7 Å². The second-order valence-electron chi connectivity index (χ2n) is 3.51. The van der Waals surface area contributed by atoms with Crippen LogP contribution in [0.4, 0.5) is 13.2 Å². The first-order valence-corrected chi connectivity index (χ1v) is 6.80. The van der Waals surface area contributed by atoms with Crippen LogP contribution >= 0.6 is 0 Å². The van der Waals surface area contributed by atoms with Gasteiger partial charge in [0.2, 0.25) is 0 Å². The molecule has 3 nitrogen and oxygen atoms in total. The fourth-order valence-electron chi connectivity index (χ4n) is 1.24.